The molecule has 0 spiro atoms. The minimum atomic E-state index is -4.34. The second kappa shape index (κ2) is 5.87. The summed E-state index contributed by atoms with van der Waals surface area (Å²) >= 11 is 0. The first-order chi connectivity index (χ1) is 11.2. The van der Waals surface area contributed by atoms with Crippen molar-refractivity contribution in [3.8, 4) is 0 Å². The fourth-order valence-corrected chi connectivity index (χ4v) is 3.05. The van der Waals surface area contributed by atoms with Crippen LogP contribution < -0.4 is 0 Å². The van der Waals surface area contributed by atoms with Crippen LogP contribution in [0.4, 0.5) is 17.6 Å². The van der Waals surface area contributed by atoms with Crippen molar-refractivity contribution in [2.75, 3.05) is 0 Å². The topological polar surface area (TPSA) is 12.9 Å². The summed E-state index contributed by atoms with van der Waals surface area (Å²) in [4.78, 5) is 4.26. The lowest BCUT2D eigenvalue weighted by atomic mass is 9.92. The van der Waals surface area contributed by atoms with Crippen molar-refractivity contribution in [2.45, 2.75) is 50.6 Å². The molecule has 1 fully saturated rings. The minimum Gasteiger partial charge on any atom is -0.261 e. The Kier molecular flexibility index (Phi) is 4.14. The molecule has 0 N–H and O–H groups in total. The molecule has 3 rings (SSSR count). The van der Waals surface area contributed by atoms with Crippen LogP contribution >= 0.6 is 0 Å². The van der Waals surface area contributed by atoms with Crippen LogP contribution in [0.5, 0.6) is 0 Å². The van der Waals surface area contributed by atoms with Gasteiger partial charge in [-0.2, -0.15) is 13.2 Å². The first kappa shape index (κ1) is 16.9. The highest BCUT2D eigenvalue weighted by Gasteiger charge is 2.64. The van der Waals surface area contributed by atoms with E-state index in [0.29, 0.717) is 17.9 Å². The van der Waals surface area contributed by atoms with Crippen molar-refractivity contribution in [1.29, 1.82) is 0 Å². The van der Waals surface area contributed by atoms with Crippen LogP contribution in [-0.4, -0.2) is 11.2 Å². The minimum absolute atomic E-state index is 0.0283. The summed E-state index contributed by atoms with van der Waals surface area (Å²) in [6.07, 6.45) is -2.28. The molecule has 0 atom stereocenters. The Hall–Kier alpha value is -1.91. The van der Waals surface area contributed by atoms with Gasteiger partial charge >= 0.3 is 6.18 Å². The van der Waals surface area contributed by atoms with E-state index in [1.807, 2.05) is 12.1 Å². The molecule has 2 aromatic rings. The normalized spacial score (nSPS) is 16.5. The first-order valence-corrected chi connectivity index (χ1v) is 8.03. The van der Waals surface area contributed by atoms with Crippen molar-refractivity contribution in [3.05, 3.63) is 64.7 Å². The molecule has 1 saturated carbocycles. The van der Waals surface area contributed by atoms with Gasteiger partial charge in [0.1, 0.15) is 5.82 Å². The van der Waals surface area contributed by atoms with E-state index in [4.69, 9.17) is 0 Å². The highest BCUT2D eigenvalue weighted by atomic mass is 19.4. The van der Waals surface area contributed by atoms with Gasteiger partial charge in [-0.05, 0) is 59.7 Å². The maximum Gasteiger partial charge on any atom is 0.398 e. The summed E-state index contributed by atoms with van der Waals surface area (Å²) in [5, 5.41) is 0. The molecule has 1 aromatic carbocycles. The van der Waals surface area contributed by atoms with Gasteiger partial charge in [-0.3, -0.25) is 4.98 Å². The molecule has 0 amide bonds. The summed E-state index contributed by atoms with van der Waals surface area (Å²) in [7, 11) is 0. The first-order valence-electron chi connectivity index (χ1n) is 8.03. The molecule has 1 aromatic heterocycles. The maximum absolute atomic E-state index is 13.9. The Morgan fingerprint density at radius 3 is 2.42 bits per heavy atom. The lowest BCUT2D eigenvalue weighted by molar-refractivity contribution is -0.160. The summed E-state index contributed by atoms with van der Waals surface area (Å²) < 4.78 is 53.7. The fourth-order valence-electron chi connectivity index (χ4n) is 3.05. The van der Waals surface area contributed by atoms with Crippen LogP contribution in [0.25, 0.3) is 0 Å². The molecule has 24 heavy (non-hydrogen) atoms. The monoisotopic (exact) mass is 337 g/mol. The number of hydrogen-bond donors (Lipinski definition) is 0. The molecule has 128 valence electrons. The standard InChI is InChI=1S/C19H19F4N/c1-12(2)14-3-6-24-17(10-14)9-13-7-15(11-16(20)8-13)18(4-5-18)19(21,22)23/h3,6-8,10-12H,4-5,9H2,1-2H3. The van der Waals surface area contributed by atoms with E-state index in [-0.39, 0.29) is 18.4 Å². The third kappa shape index (κ3) is 3.17. The molecule has 1 nitrogen and oxygen atoms in total. The van der Waals surface area contributed by atoms with E-state index >= 15 is 0 Å². The third-order valence-electron chi connectivity index (χ3n) is 4.70. The quantitative estimate of drug-likeness (QED) is 0.669. The fraction of sp³-hybridized carbons (Fsp3) is 0.421. The molecule has 0 radical (unpaired) electrons. The summed E-state index contributed by atoms with van der Waals surface area (Å²) in [6.45, 7) is 4.11. The van der Waals surface area contributed by atoms with Crippen LogP contribution in [0, 0.1) is 5.82 Å². The Labute approximate surface area is 138 Å². The summed E-state index contributed by atoms with van der Waals surface area (Å²) in [5.41, 5.74) is 0.524. The molecule has 0 bridgehead atoms. The van der Waals surface area contributed by atoms with Gasteiger partial charge in [0, 0.05) is 18.3 Å². The summed E-state index contributed by atoms with van der Waals surface area (Å²) in [6, 6.07) is 7.62. The van der Waals surface area contributed by atoms with Crippen molar-refractivity contribution in [2.24, 2.45) is 0 Å². The molecule has 5 heteroatoms. The number of rotatable bonds is 4. The van der Waals surface area contributed by atoms with Crippen molar-refractivity contribution >= 4 is 0 Å². The average molecular weight is 337 g/mol. The van der Waals surface area contributed by atoms with Gasteiger partial charge in [-0.15, -0.1) is 0 Å². The molecule has 1 aliphatic rings. The molecule has 0 unspecified atom stereocenters. The number of hydrogen-bond acceptors (Lipinski definition) is 1. The molecule has 0 saturated heterocycles. The second-order valence-electron chi connectivity index (χ2n) is 6.84. The molecule has 1 aliphatic carbocycles. The predicted octanol–water partition coefficient (Wildman–Crippen LogP) is 5.53. The lowest BCUT2D eigenvalue weighted by Gasteiger charge is -2.20. The van der Waals surface area contributed by atoms with Crippen LogP contribution in [0.15, 0.2) is 36.5 Å². The molecular formula is C19H19F4N. The van der Waals surface area contributed by atoms with Crippen LogP contribution in [-0.2, 0) is 11.8 Å². The van der Waals surface area contributed by atoms with E-state index in [2.05, 4.69) is 18.8 Å². The van der Waals surface area contributed by atoms with Gasteiger partial charge in [-0.1, -0.05) is 19.9 Å². The Morgan fingerprint density at radius 2 is 1.83 bits per heavy atom. The zero-order valence-corrected chi connectivity index (χ0v) is 13.6. The maximum atomic E-state index is 13.9. The number of aromatic nitrogens is 1. The number of nitrogens with zero attached hydrogens (tertiary/aromatic N) is 1. The number of pyridine rings is 1. The van der Waals surface area contributed by atoms with Crippen LogP contribution in [0.3, 0.4) is 0 Å². The van der Waals surface area contributed by atoms with Crippen molar-refractivity contribution in [3.63, 3.8) is 0 Å². The Balaban J connectivity index is 1.92. The SMILES string of the molecule is CC(C)c1ccnc(Cc2cc(F)cc(C3(C(F)(F)F)CC3)c2)c1. The number of alkyl halides is 3. The number of benzene rings is 1. The number of halogens is 4. The Morgan fingerprint density at radius 1 is 1.12 bits per heavy atom. The second-order valence-corrected chi connectivity index (χ2v) is 6.84. The Bertz CT molecular complexity index is 745. The average Bonchev–Trinajstić information content (AvgIpc) is 3.28. The largest absolute Gasteiger partial charge is 0.398 e. The molecule has 0 aliphatic heterocycles. The van der Waals surface area contributed by atoms with E-state index in [1.165, 1.54) is 12.1 Å². The zero-order chi connectivity index (χ0) is 17.5. The van der Waals surface area contributed by atoms with Gasteiger partial charge in [0.2, 0.25) is 0 Å². The van der Waals surface area contributed by atoms with E-state index in [0.717, 1.165) is 17.3 Å². The van der Waals surface area contributed by atoms with E-state index in [1.54, 1.807) is 6.20 Å². The lowest BCUT2D eigenvalue weighted by Crippen LogP contribution is -2.28. The van der Waals surface area contributed by atoms with Crippen LogP contribution in [0.2, 0.25) is 0 Å². The van der Waals surface area contributed by atoms with Crippen molar-refractivity contribution < 1.29 is 17.6 Å². The van der Waals surface area contributed by atoms with Gasteiger partial charge in [-0.25, -0.2) is 4.39 Å². The molecular weight excluding hydrogens is 318 g/mol. The van der Waals surface area contributed by atoms with Gasteiger partial charge in [0.15, 0.2) is 0 Å². The predicted molar refractivity (Wildman–Crippen MR) is 84.5 cm³/mol. The van der Waals surface area contributed by atoms with Crippen molar-refractivity contribution in [1.82, 2.24) is 4.98 Å². The zero-order valence-electron chi connectivity index (χ0n) is 13.6. The third-order valence-corrected chi connectivity index (χ3v) is 4.70. The van der Waals surface area contributed by atoms with E-state index in [9.17, 15) is 17.6 Å². The highest BCUT2D eigenvalue weighted by molar-refractivity contribution is 5.38. The summed E-state index contributed by atoms with van der Waals surface area (Å²) in [5.74, 6) is -0.298. The van der Waals surface area contributed by atoms with E-state index < -0.39 is 17.4 Å². The van der Waals surface area contributed by atoms with Crippen LogP contribution in [0.1, 0.15) is 55.0 Å². The molecule has 1 heterocycles. The van der Waals surface area contributed by atoms with Gasteiger partial charge < -0.3 is 0 Å². The highest BCUT2D eigenvalue weighted by Crippen LogP contribution is 2.59. The van der Waals surface area contributed by atoms with Gasteiger partial charge in [0.05, 0.1) is 5.41 Å². The smallest absolute Gasteiger partial charge is 0.261 e. The van der Waals surface area contributed by atoms with Gasteiger partial charge in [0.25, 0.3) is 0 Å².